The zero-order valence-corrected chi connectivity index (χ0v) is 22.2. The summed E-state index contributed by atoms with van der Waals surface area (Å²) in [4.78, 5) is 16.5. The van der Waals surface area contributed by atoms with Crippen molar-refractivity contribution in [2.45, 2.75) is 32.3 Å². The number of benzene rings is 2. The van der Waals surface area contributed by atoms with Gasteiger partial charge in [0.25, 0.3) is 0 Å². The lowest BCUT2D eigenvalue weighted by Crippen LogP contribution is -2.43. The van der Waals surface area contributed by atoms with Crippen LogP contribution in [0.1, 0.15) is 28.5 Å². The van der Waals surface area contributed by atoms with E-state index in [1.54, 1.807) is 62.6 Å². The number of H-pyrrole nitrogens is 1. The first-order chi connectivity index (χ1) is 18.7. The number of hydrogen-bond donors (Lipinski definition) is 2. The van der Waals surface area contributed by atoms with Crippen molar-refractivity contribution in [1.29, 1.82) is 0 Å². The summed E-state index contributed by atoms with van der Waals surface area (Å²) in [6.07, 6.45) is -5.06. The molecule has 39 heavy (non-hydrogen) atoms. The molecule has 0 spiro atoms. The number of anilines is 1. The van der Waals surface area contributed by atoms with Crippen molar-refractivity contribution >= 4 is 11.7 Å². The Bertz CT molecular complexity index is 1100. The summed E-state index contributed by atoms with van der Waals surface area (Å²) in [5.41, 5.74) is 2.31. The van der Waals surface area contributed by atoms with Crippen molar-refractivity contribution in [2.75, 3.05) is 45.8 Å². The number of rotatable bonds is 15. The maximum Gasteiger partial charge on any atom is 0.415 e. The predicted molar refractivity (Wildman–Crippen MR) is 141 cm³/mol. The summed E-state index contributed by atoms with van der Waals surface area (Å²) in [5.74, 6) is 0.780. The molecule has 1 unspecified atom stereocenters. The van der Waals surface area contributed by atoms with Gasteiger partial charge < -0.3 is 29.2 Å². The molecule has 0 saturated heterocycles. The van der Waals surface area contributed by atoms with Gasteiger partial charge in [-0.2, -0.15) is 13.2 Å². The van der Waals surface area contributed by atoms with Gasteiger partial charge >= 0.3 is 12.1 Å². The normalized spacial score (nSPS) is 12.3. The molecule has 3 rings (SSSR count). The summed E-state index contributed by atoms with van der Waals surface area (Å²) in [5, 5.41) is 2.93. The number of nitrogens with one attached hydrogen (secondary N) is 2. The van der Waals surface area contributed by atoms with Crippen molar-refractivity contribution in [2.24, 2.45) is 0 Å². The monoisotopic (exact) mass is 549 g/mol. The second-order valence-electron chi connectivity index (χ2n) is 8.68. The summed E-state index contributed by atoms with van der Waals surface area (Å²) in [7, 11) is 3.11. The molecule has 1 heterocycles. The van der Waals surface area contributed by atoms with Crippen LogP contribution in [0, 0.1) is 0 Å². The third kappa shape index (κ3) is 9.22. The average Bonchev–Trinajstić information content (AvgIpc) is 3.39. The maximum atomic E-state index is 14.0. The number of hydrogen-bond acceptors (Lipinski definition) is 7. The second-order valence-corrected chi connectivity index (χ2v) is 8.68. The van der Waals surface area contributed by atoms with Gasteiger partial charge in [-0.15, -0.1) is 0 Å². The van der Waals surface area contributed by atoms with Crippen LogP contribution in [0.15, 0.2) is 60.8 Å². The van der Waals surface area contributed by atoms with Crippen LogP contribution in [0.5, 0.6) is 11.5 Å². The third-order valence-corrected chi connectivity index (χ3v) is 5.88. The summed E-state index contributed by atoms with van der Waals surface area (Å²) < 4.78 is 62.8. The van der Waals surface area contributed by atoms with Gasteiger partial charge in [0.05, 0.1) is 33.1 Å². The van der Waals surface area contributed by atoms with Crippen molar-refractivity contribution in [3.63, 3.8) is 0 Å². The van der Waals surface area contributed by atoms with Crippen molar-refractivity contribution < 1.29 is 36.9 Å². The standard InChI is InChI=1S/C28H34F3N3O5/c1-4-38-27(35)26-24(13-14-33-26)32-15-16-39-25(28(29,30)31)19-34(17-20-5-9-22(36-2)10-6-20)18-21-7-11-23(37-3)12-8-21/h5-14,25,32-33H,4,15-19H2,1-3H3. The van der Waals surface area contributed by atoms with Gasteiger partial charge in [-0.3, -0.25) is 4.90 Å². The van der Waals surface area contributed by atoms with Gasteiger partial charge in [-0.1, -0.05) is 24.3 Å². The number of esters is 1. The van der Waals surface area contributed by atoms with Crippen LogP contribution in [-0.2, 0) is 22.6 Å². The van der Waals surface area contributed by atoms with Gasteiger partial charge in [-0.05, 0) is 48.4 Å². The molecule has 0 amide bonds. The minimum Gasteiger partial charge on any atom is -0.497 e. The molecule has 3 aromatic rings. The molecule has 1 atom stereocenters. The molecular formula is C28H34F3N3O5. The van der Waals surface area contributed by atoms with E-state index in [4.69, 9.17) is 18.9 Å². The van der Waals surface area contributed by atoms with Crippen LogP contribution in [0.2, 0.25) is 0 Å². The highest BCUT2D eigenvalue weighted by molar-refractivity contribution is 5.93. The van der Waals surface area contributed by atoms with E-state index >= 15 is 0 Å². The number of halogens is 3. The summed E-state index contributed by atoms with van der Waals surface area (Å²) >= 11 is 0. The minimum absolute atomic E-state index is 0.0633. The van der Waals surface area contributed by atoms with E-state index in [0.29, 0.717) is 17.2 Å². The van der Waals surface area contributed by atoms with Crippen LogP contribution in [0.25, 0.3) is 0 Å². The zero-order valence-electron chi connectivity index (χ0n) is 22.2. The Hall–Kier alpha value is -3.70. The number of carbonyl (C=O) groups excluding carboxylic acids is 1. The van der Waals surface area contributed by atoms with E-state index in [2.05, 4.69) is 10.3 Å². The largest absolute Gasteiger partial charge is 0.497 e. The van der Waals surface area contributed by atoms with Gasteiger partial charge in [0.2, 0.25) is 0 Å². The molecule has 1 aromatic heterocycles. The van der Waals surface area contributed by atoms with Crippen LogP contribution < -0.4 is 14.8 Å². The lowest BCUT2D eigenvalue weighted by atomic mass is 10.1. The van der Waals surface area contributed by atoms with E-state index in [0.717, 1.165) is 11.1 Å². The van der Waals surface area contributed by atoms with Gasteiger partial charge in [0.1, 0.15) is 17.2 Å². The first kappa shape index (κ1) is 29.9. The van der Waals surface area contributed by atoms with Crippen LogP contribution in [0.4, 0.5) is 18.9 Å². The Kier molecular flexibility index (Phi) is 11.1. The summed E-state index contributed by atoms with van der Waals surface area (Å²) in [6.45, 7) is 1.90. The Morgan fingerprint density at radius 2 is 1.51 bits per heavy atom. The van der Waals surface area contributed by atoms with Crippen LogP contribution in [-0.4, -0.2) is 68.7 Å². The number of ether oxygens (including phenoxy) is 4. The number of carbonyl (C=O) groups is 1. The average molecular weight is 550 g/mol. The molecule has 0 fully saturated rings. The van der Waals surface area contributed by atoms with E-state index in [-0.39, 0.29) is 45.1 Å². The first-order valence-corrected chi connectivity index (χ1v) is 12.5. The Morgan fingerprint density at radius 3 is 2.00 bits per heavy atom. The van der Waals surface area contributed by atoms with Crippen molar-refractivity contribution in [1.82, 2.24) is 9.88 Å². The highest BCUT2D eigenvalue weighted by Crippen LogP contribution is 2.26. The number of methoxy groups -OCH3 is 2. The predicted octanol–water partition coefficient (Wildman–Crippen LogP) is 5.27. The van der Waals surface area contributed by atoms with Crippen LogP contribution in [0.3, 0.4) is 0 Å². The number of nitrogens with zero attached hydrogens (tertiary/aromatic N) is 1. The Morgan fingerprint density at radius 1 is 0.949 bits per heavy atom. The minimum atomic E-state index is -4.58. The second kappa shape index (κ2) is 14.5. The van der Waals surface area contributed by atoms with E-state index in [9.17, 15) is 18.0 Å². The molecule has 0 bridgehead atoms. The fourth-order valence-corrected chi connectivity index (χ4v) is 3.92. The van der Waals surface area contributed by atoms with Gasteiger partial charge in [0, 0.05) is 32.4 Å². The first-order valence-electron chi connectivity index (χ1n) is 12.5. The quantitative estimate of drug-likeness (QED) is 0.197. The maximum absolute atomic E-state index is 14.0. The van der Waals surface area contributed by atoms with E-state index in [1.165, 1.54) is 0 Å². The zero-order chi connectivity index (χ0) is 28.3. The van der Waals surface area contributed by atoms with Gasteiger partial charge in [0.15, 0.2) is 6.10 Å². The molecule has 11 heteroatoms. The van der Waals surface area contributed by atoms with Crippen molar-refractivity contribution in [3.8, 4) is 11.5 Å². The molecule has 0 aliphatic rings. The fraction of sp³-hybridized carbons (Fsp3) is 0.393. The molecule has 2 aromatic carbocycles. The van der Waals surface area contributed by atoms with E-state index < -0.39 is 18.2 Å². The number of aromatic nitrogens is 1. The molecule has 0 aliphatic heterocycles. The molecule has 0 aliphatic carbocycles. The molecular weight excluding hydrogens is 515 g/mol. The summed E-state index contributed by atoms with van der Waals surface area (Å²) in [6, 6.07) is 16.0. The molecule has 0 radical (unpaired) electrons. The Balaban J connectivity index is 1.67. The molecule has 212 valence electrons. The molecule has 2 N–H and O–H groups in total. The SMILES string of the molecule is CCOC(=O)c1[nH]ccc1NCCOC(CN(Cc1ccc(OC)cc1)Cc1ccc(OC)cc1)C(F)(F)F. The fourth-order valence-electron chi connectivity index (χ4n) is 3.92. The third-order valence-electron chi connectivity index (χ3n) is 5.88. The Labute approximate surface area is 226 Å². The highest BCUT2D eigenvalue weighted by Gasteiger charge is 2.41. The number of aromatic amines is 1. The topological polar surface area (TPSA) is 85.1 Å². The van der Waals surface area contributed by atoms with Crippen molar-refractivity contribution in [3.05, 3.63) is 77.6 Å². The smallest absolute Gasteiger partial charge is 0.415 e. The molecule has 8 nitrogen and oxygen atoms in total. The highest BCUT2D eigenvalue weighted by atomic mass is 19.4. The van der Waals surface area contributed by atoms with Crippen LogP contribution >= 0.6 is 0 Å². The van der Waals surface area contributed by atoms with E-state index in [1.807, 2.05) is 24.3 Å². The number of alkyl halides is 3. The van der Waals surface area contributed by atoms with Gasteiger partial charge in [-0.25, -0.2) is 4.79 Å². The molecule has 0 saturated carbocycles. The lowest BCUT2D eigenvalue weighted by molar-refractivity contribution is -0.224. The lowest BCUT2D eigenvalue weighted by Gasteiger charge is -2.29.